The predicted molar refractivity (Wildman–Crippen MR) is 87.6 cm³/mol. The second-order valence-corrected chi connectivity index (χ2v) is 6.09. The minimum Gasteiger partial charge on any atom is -0.352 e. The molecule has 3 nitrogen and oxygen atoms in total. The summed E-state index contributed by atoms with van der Waals surface area (Å²) in [5.41, 5.74) is 2.46. The zero-order valence-electron chi connectivity index (χ0n) is 12.2. The molecule has 1 saturated heterocycles. The molecule has 1 amide bonds. The Hall–Kier alpha value is -0.710. The maximum absolute atomic E-state index is 12.1. The van der Waals surface area contributed by atoms with Crippen LogP contribution >= 0.6 is 24.2 Å². The SMILES string of the molecule is CSc1cc(C)ccc1CNC(=O)C(C)C1CNC1.Cl. The van der Waals surface area contributed by atoms with E-state index in [1.807, 2.05) is 6.92 Å². The number of halogens is 1. The number of benzene rings is 1. The summed E-state index contributed by atoms with van der Waals surface area (Å²) in [5.74, 6) is 0.765. The Morgan fingerprint density at radius 3 is 2.75 bits per heavy atom. The van der Waals surface area contributed by atoms with Gasteiger partial charge in [0.15, 0.2) is 0 Å². The molecule has 0 radical (unpaired) electrons. The lowest BCUT2D eigenvalue weighted by atomic mass is 9.88. The smallest absolute Gasteiger partial charge is 0.223 e. The fourth-order valence-corrected chi connectivity index (χ4v) is 2.93. The van der Waals surface area contributed by atoms with Crippen molar-refractivity contribution in [2.45, 2.75) is 25.3 Å². The van der Waals surface area contributed by atoms with Gasteiger partial charge >= 0.3 is 0 Å². The van der Waals surface area contributed by atoms with Crippen molar-refractivity contribution in [3.63, 3.8) is 0 Å². The lowest BCUT2D eigenvalue weighted by Gasteiger charge is -2.31. The van der Waals surface area contributed by atoms with E-state index in [2.05, 4.69) is 42.0 Å². The van der Waals surface area contributed by atoms with Crippen molar-refractivity contribution in [1.29, 1.82) is 0 Å². The van der Waals surface area contributed by atoms with E-state index >= 15 is 0 Å². The number of nitrogens with one attached hydrogen (secondary N) is 2. The number of rotatable bonds is 5. The zero-order chi connectivity index (χ0) is 13.8. The van der Waals surface area contributed by atoms with E-state index in [9.17, 15) is 4.79 Å². The third-order valence-electron chi connectivity index (χ3n) is 3.83. The number of hydrogen-bond acceptors (Lipinski definition) is 3. The summed E-state index contributed by atoms with van der Waals surface area (Å²) >= 11 is 1.73. The lowest BCUT2D eigenvalue weighted by Crippen LogP contribution is -2.49. The van der Waals surface area contributed by atoms with Crippen LogP contribution in [0.3, 0.4) is 0 Å². The predicted octanol–water partition coefficient (Wildman–Crippen LogP) is 2.61. The van der Waals surface area contributed by atoms with Gasteiger partial charge in [-0.1, -0.05) is 19.1 Å². The first-order valence-corrected chi connectivity index (χ1v) is 7.96. The van der Waals surface area contributed by atoms with Gasteiger partial charge in [0.2, 0.25) is 5.91 Å². The summed E-state index contributed by atoms with van der Waals surface area (Å²) in [6.45, 7) is 6.67. The van der Waals surface area contributed by atoms with Crippen molar-refractivity contribution in [2.24, 2.45) is 11.8 Å². The number of hydrogen-bond donors (Lipinski definition) is 2. The van der Waals surface area contributed by atoms with Crippen molar-refractivity contribution >= 4 is 30.1 Å². The van der Waals surface area contributed by atoms with Crippen molar-refractivity contribution in [2.75, 3.05) is 19.3 Å². The molecule has 1 fully saturated rings. The largest absolute Gasteiger partial charge is 0.352 e. The topological polar surface area (TPSA) is 41.1 Å². The minimum absolute atomic E-state index is 0. The van der Waals surface area contributed by atoms with Crippen molar-refractivity contribution in [3.8, 4) is 0 Å². The lowest BCUT2D eigenvalue weighted by molar-refractivity contribution is -0.126. The summed E-state index contributed by atoms with van der Waals surface area (Å²) in [6.07, 6.45) is 2.07. The van der Waals surface area contributed by atoms with Gasteiger partial charge in [-0.25, -0.2) is 0 Å². The Kier molecular flexibility index (Phi) is 6.86. The van der Waals surface area contributed by atoms with Gasteiger partial charge in [-0.15, -0.1) is 24.2 Å². The van der Waals surface area contributed by atoms with Crippen LogP contribution in [0.5, 0.6) is 0 Å². The first-order valence-electron chi connectivity index (χ1n) is 6.73. The number of thioether (sulfide) groups is 1. The molecule has 1 atom stereocenters. The van der Waals surface area contributed by atoms with Gasteiger partial charge in [0.25, 0.3) is 0 Å². The highest BCUT2D eigenvalue weighted by Crippen LogP contribution is 2.22. The summed E-state index contributed by atoms with van der Waals surface area (Å²) < 4.78 is 0. The molecule has 1 heterocycles. The molecule has 1 aromatic rings. The Morgan fingerprint density at radius 2 is 2.20 bits per heavy atom. The Bertz CT molecular complexity index is 463. The van der Waals surface area contributed by atoms with Gasteiger partial charge in [0.1, 0.15) is 0 Å². The number of carbonyl (C=O) groups is 1. The van der Waals surface area contributed by atoms with Crippen molar-refractivity contribution in [3.05, 3.63) is 29.3 Å². The van der Waals surface area contributed by atoms with Gasteiger partial charge in [-0.2, -0.15) is 0 Å². The first kappa shape index (κ1) is 17.3. The third kappa shape index (κ3) is 4.14. The maximum Gasteiger partial charge on any atom is 0.223 e. The Morgan fingerprint density at radius 1 is 1.50 bits per heavy atom. The van der Waals surface area contributed by atoms with Crippen LogP contribution in [0, 0.1) is 18.8 Å². The first-order chi connectivity index (χ1) is 9.11. The van der Waals surface area contributed by atoms with Gasteiger partial charge in [0.05, 0.1) is 0 Å². The fraction of sp³-hybridized carbons (Fsp3) is 0.533. The average Bonchev–Trinajstić information content (AvgIpc) is 2.34. The molecule has 5 heteroatoms. The normalized spacial score (nSPS) is 15.9. The van der Waals surface area contributed by atoms with E-state index in [4.69, 9.17) is 0 Å². The molecule has 1 aromatic carbocycles. The highest BCUT2D eigenvalue weighted by atomic mass is 35.5. The quantitative estimate of drug-likeness (QED) is 0.821. The minimum atomic E-state index is 0. The van der Waals surface area contributed by atoms with E-state index in [1.54, 1.807) is 11.8 Å². The number of amides is 1. The van der Waals surface area contributed by atoms with E-state index in [-0.39, 0.29) is 24.2 Å². The van der Waals surface area contributed by atoms with Crippen LogP contribution in [0.4, 0.5) is 0 Å². The Labute approximate surface area is 131 Å². The van der Waals surface area contributed by atoms with Crippen LogP contribution in [0.2, 0.25) is 0 Å². The van der Waals surface area contributed by atoms with Crippen molar-refractivity contribution in [1.82, 2.24) is 10.6 Å². The van der Waals surface area contributed by atoms with E-state index in [1.165, 1.54) is 16.0 Å². The molecule has 112 valence electrons. The molecule has 0 aromatic heterocycles. The van der Waals surface area contributed by atoms with Crippen LogP contribution in [0.15, 0.2) is 23.1 Å². The van der Waals surface area contributed by atoms with Crippen LogP contribution in [0.1, 0.15) is 18.1 Å². The van der Waals surface area contributed by atoms with Crippen LogP contribution in [-0.4, -0.2) is 25.3 Å². The standard InChI is InChI=1S/C15H22N2OS.ClH/c1-10-4-5-12(14(6-10)19-3)9-17-15(18)11(2)13-7-16-8-13;/h4-6,11,13,16H,7-9H2,1-3H3,(H,17,18);1H. The summed E-state index contributed by atoms with van der Waals surface area (Å²) in [5, 5.41) is 6.27. The molecule has 1 aliphatic heterocycles. The number of carbonyl (C=O) groups excluding carboxylic acids is 1. The van der Waals surface area contributed by atoms with Gasteiger partial charge in [-0.05, 0) is 49.4 Å². The van der Waals surface area contributed by atoms with E-state index < -0.39 is 0 Å². The molecule has 0 spiro atoms. The molecule has 20 heavy (non-hydrogen) atoms. The summed E-state index contributed by atoms with van der Waals surface area (Å²) in [4.78, 5) is 13.3. The molecule has 0 aliphatic carbocycles. The number of aryl methyl sites for hydroxylation is 1. The molecule has 2 rings (SSSR count). The highest BCUT2D eigenvalue weighted by molar-refractivity contribution is 7.98. The van der Waals surface area contributed by atoms with Crippen LogP contribution < -0.4 is 10.6 Å². The molecule has 1 aliphatic rings. The van der Waals surface area contributed by atoms with Gasteiger partial charge < -0.3 is 10.6 Å². The molecule has 0 saturated carbocycles. The second kappa shape index (κ2) is 7.91. The van der Waals surface area contributed by atoms with E-state index in [0.717, 1.165) is 13.1 Å². The maximum atomic E-state index is 12.1. The second-order valence-electron chi connectivity index (χ2n) is 5.24. The zero-order valence-corrected chi connectivity index (χ0v) is 13.9. The fourth-order valence-electron chi connectivity index (χ4n) is 2.22. The monoisotopic (exact) mass is 314 g/mol. The third-order valence-corrected chi connectivity index (χ3v) is 4.65. The van der Waals surface area contributed by atoms with Gasteiger partial charge in [-0.3, -0.25) is 4.79 Å². The summed E-state index contributed by atoms with van der Waals surface area (Å²) in [7, 11) is 0. The average molecular weight is 315 g/mol. The molecular weight excluding hydrogens is 292 g/mol. The van der Waals surface area contributed by atoms with Crippen LogP contribution in [0.25, 0.3) is 0 Å². The summed E-state index contributed by atoms with van der Waals surface area (Å²) in [6, 6.07) is 6.38. The molecule has 1 unspecified atom stereocenters. The Balaban J connectivity index is 0.00000200. The molecule has 0 bridgehead atoms. The van der Waals surface area contributed by atoms with E-state index in [0.29, 0.717) is 12.5 Å². The highest BCUT2D eigenvalue weighted by Gasteiger charge is 2.28. The molecule has 2 N–H and O–H groups in total. The van der Waals surface area contributed by atoms with Gasteiger partial charge in [0, 0.05) is 17.4 Å². The van der Waals surface area contributed by atoms with Crippen molar-refractivity contribution < 1.29 is 4.79 Å². The molecular formula is C15H23ClN2OS. The van der Waals surface area contributed by atoms with Crippen LogP contribution in [-0.2, 0) is 11.3 Å².